The highest BCUT2D eigenvalue weighted by Crippen LogP contribution is 2.34. The number of ether oxygens (including phenoxy) is 1. The van der Waals surface area contributed by atoms with Gasteiger partial charge in [0.05, 0.1) is 22.7 Å². The summed E-state index contributed by atoms with van der Waals surface area (Å²) in [5.41, 5.74) is 0.929. The lowest BCUT2D eigenvalue weighted by molar-refractivity contribution is 0.414. The van der Waals surface area contributed by atoms with E-state index in [9.17, 15) is 0 Å². The first-order valence-electron chi connectivity index (χ1n) is 9.43. The van der Waals surface area contributed by atoms with E-state index in [1.165, 1.54) is 30.7 Å². The molecule has 3 aromatic heterocycles. The van der Waals surface area contributed by atoms with Gasteiger partial charge >= 0.3 is 0 Å². The molecule has 27 heavy (non-hydrogen) atoms. The highest BCUT2D eigenvalue weighted by molar-refractivity contribution is 7.15. The summed E-state index contributed by atoms with van der Waals surface area (Å²) in [5.74, 6) is 2.77. The highest BCUT2D eigenvalue weighted by atomic mass is 32.1. The van der Waals surface area contributed by atoms with Gasteiger partial charge in [-0.2, -0.15) is 0 Å². The summed E-state index contributed by atoms with van der Waals surface area (Å²) in [5, 5.41) is 4.47. The van der Waals surface area contributed by atoms with Gasteiger partial charge in [0.1, 0.15) is 17.4 Å². The van der Waals surface area contributed by atoms with Crippen LogP contribution in [-0.2, 0) is 0 Å². The van der Waals surface area contributed by atoms with Crippen LogP contribution in [0.1, 0.15) is 50.5 Å². The Balaban J connectivity index is 1.79. The van der Waals surface area contributed by atoms with Crippen LogP contribution in [0.3, 0.4) is 0 Å². The number of hydrogen-bond acceptors (Lipinski definition) is 6. The Morgan fingerprint density at radius 1 is 1.07 bits per heavy atom. The molecule has 0 saturated heterocycles. The number of rotatable bonds is 9. The molecule has 0 atom stereocenters. The standard InChI is InChI=1S/C21H26N4OS/c1-4-7-15(8-5-2)21-23-14-18(27-21)17-9-6-10-19(24-17)25-20-13-16(26-3)11-12-22-20/h6,9-15H,4-5,7-8H2,1-3H3,(H,22,24,25). The van der Waals surface area contributed by atoms with Gasteiger partial charge in [-0.05, 0) is 31.0 Å². The van der Waals surface area contributed by atoms with Crippen molar-refractivity contribution in [1.29, 1.82) is 0 Å². The van der Waals surface area contributed by atoms with E-state index in [4.69, 9.17) is 14.7 Å². The van der Waals surface area contributed by atoms with Crippen LogP contribution in [-0.4, -0.2) is 22.1 Å². The van der Waals surface area contributed by atoms with Gasteiger partial charge in [-0.15, -0.1) is 11.3 Å². The number of nitrogens with one attached hydrogen (secondary N) is 1. The van der Waals surface area contributed by atoms with E-state index in [-0.39, 0.29) is 0 Å². The Morgan fingerprint density at radius 3 is 2.63 bits per heavy atom. The lowest BCUT2D eigenvalue weighted by Crippen LogP contribution is -1.97. The molecule has 0 amide bonds. The van der Waals surface area contributed by atoms with E-state index >= 15 is 0 Å². The Hall–Kier alpha value is -2.47. The van der Waals surface area contributed by atoms with Crippen LogP contribution in [0.15, 0.2) is 42.7 Å². The van der Waals surface area contributed by atoms with Gasteiger partial charge in [-0.3, -0.25) is 0 Å². The molecule has 0 aliphatic rings. The van der Waals surface area contributed by atoms with Gasteiger partial charge in [0.2, 0.25) is 0 Å². The van der Waals surface area contributed by atoms with Crippen LogP contribution in [0.5, 0.6) is 5.75 Å². The monoisotopic (exact) mass is 382 g/mol. The molecule has 0 radical (unpaired) electrons. The minimum Gasteiger partial charge on any atom is -0.497 e. The van der Waals surface area contributed by atoms with Gasteiger partial charge in [-0.1, -0.05) is 32.8 Å². The summed E-state index contributed by atoms with van der Waals surface area (Å²) in [6.45, 7) is 4.47. The van der Waals surface area contributed by atoms with Gasteiger partial charge in [0.25, 0.3) is 0 Å². The van der Waals surface area contributed by atoms with Crippen molar-refractivity contribution in [1.82, 2.24) is 15.0 Å². The van der Waals surface area contributed by atoms with Crippen LogP contribution >= 0.6 is 11.3 Å². The van der Waals surface area contributed by atoms with E-state index < -0.39 is 0 Å². The van der Waals surface area contributed by atoms with Crippen molar-refractivity contribution in [2.75, 3.05) is 12.4 Å². The third kappa shape index (κ3) is 5.04. The quantitative estimate of drug-likeness (QED) is 0.489. The highest BCUT2D eigenvalue weighted by Gasteiger charge is 2.15. The van der Waals surface area contributed by atoms with Crippen molar-refractivity contribution in [2.45, 2.75) is 45.4 Å². The fourth-order valence-corrected chi connectivity index (χ4v) is 4.12. The summed E-state index contributed by atoms with van der Waals surface area (Å²) in [7, 11) is 1.64. The second-order valence-electron chi connectivity index (χ2n) is 6.45. The molecule has 0 spiro atoms. The van der Waals surface area contributed by atoms with E-state index in [1.54, 1.807) is 24.6 Å². The molecule has 5 nitrogen and oxygen atoms in total. The van der Waals surface area contributed by atoms with Crippen molar-refractivity contribution >= 4 is 23.0 Å². The van der Waals surface area contributed by atoms with Crippen molar-refractivity contribution < 1.29 is 4.74 Å². The summed E-state index contributed by atoms with van der Waals surface area (Å²) >= 11 is 1.76. The number of anilines is 2. The molecule has 3 heterocycles. The summed E-state index contributed by atoms with van der Waals surface area (Å²) in [4.78, 5) is 14.8. The molecule has 0 aromatic carbocycles. The third-order valence-corrected chi connectivity index (χ3v) is 5.55. The molecular weight excluding hydrogens is 356 g/mol. The number of methoxy groups -OCH3 is 1. The molecule has 1 N–H and O–H groups in total. The number of thiazole rings is 1. The third-order valence-electron chi connectivity index (χ3n) is 4.37. The van der Waals surface area contributed by atoms with Gasteiger partial charge in [-0.25, -0.2) is 15.0 Å². The van der Waals surface area contributed by atoms with Crippen LogP contribution < -0.4 is 10.1 Å². The maximum Gasteiger partial charge on any atom is 0.135 e. The van der Waals surface area contributed by atoms with Gasteiger partial charge in [0, 0.05) is 24.4 Å². The molecule has 0 saturated carbocycles. The van der Waals surface area contributed by atoms with E-state index in [0.29, 0.717) is 11.7 Å². The van der Waals surface area contributed by atoms with Crippen molar-refractivity contribution in [2.24, 2.45) is 0 Å². The summed E-state index contributed by atoms with van der Waals surface area (Å²) in [6.07, 6.45) is 8.42. The molecule has 3 aromatic rings. The average molecular weight is 383 g/mol. The van der Waals surface area contributed by atoms with Gasteiger partial charge in [0.15, 0.2) is 0 Å². The van der Waals surface area contributed by atoms with E-state index in [2.05, 4.69) is 24.1 Å². The van der Waals surface area contributed by atoms with Crippen LogP contribution in [0, 0.1) is 0 Å². The van der Waals surface area contributed by atoms with E-state index in [0.717, 1.165) is 22.1 Å². The van der Waals surface area contributed by atoms with Crippen LogP contribution in [0.25, 0.3) is 10.6 Å². The molecule has 0 unspecified atom stereocenters. The lowest BCUT2D eigenvalue weighted by atomic mass is 9.99. The smallest absolute Gasteiger partial charge is 0.135 e. The van der Waals surface area contributed by atoms with Crippen molar-refractivity contribution in [3.63, 3.8) is 0 Å². The fourth-order valence-electron chi connectivity index (χ4n) is 3.06. The zero-order chi connectivity index (χ0) is 19.1. The Morgan fingerprint density at radius 2 is 1.89 bits per heavy atom. The molecule has 6 heteroatoms. The predicted molar refractivity (Wildman–Crippen MR) is 112 cm³/mol. The molecule has 0 aliphatic carbocycles. The number of nitrogens with zero attached hydrogens (tertiary/aromatic N) is 3. The Labute approximate surface area is 164 Å². The molecule has 142 valence electrons. The first-order valence-corrected chi connectivity index (χ1v) is 10.2. The van der Waals surface area contributed by atoms with E-state index in [1.807, 2.05) is 36.5 Å². The average Bonchev–Trinajstić information content (AvgIpc) is 3.18. The first-order chi connectivity index (χ1) is 13.2. The molecular formula is C21H26N4OS. The molecule has 0 bridgehead atoms. The Bertz CT molecular complexity index is 859. The summed E-state index contributed by atoms with van der Waals surface area (Å²) < 4.78 is 5.24. The SMILES string of the molecule is CCCC(CCC)c1ncc(-c2cccc(Nc3cc(OC)ccn3)n2)s1. The maximum atomic E-state index is 5.24. The van der Waals surface area contributed by atoms with Crippen molar-refractivity contribution in [3.8, 4) is 16.3 Å². The van der Waals surface area contributed by atoms with Crippen molar-refractivity contribution in [3.05, 3.63) is 47.7 Å². The maximum absolute atomic E-state index is 5.24. The second-order valence-corrected chi connectivity index (χ2v) is 7.51. The number of hydrogen-bond donors (Lipinski definition) is 1. The fraction of sp³-hybridized carbons (Fsp3) is 0.381. The lowest BCUT2D eigenvalue weighted by Gasteiger charge is -2.11. The second kappa shape index (κ2) is 9.46. The largest absolute Gasteiger partial charge is 0.497 e. The minimum absolute atomic E-state index is 0.557. The summed E-state index contributed by atoms with van der Waals surface area (Å²) in [6, 6.07) is 9.62. The molecule has 3 rings (SSSR count). The van der Waals surface area contributed by atoms with Gasteiger partial charge < -0.3 is 10.1 Å². The minimum atomic E-state index is 0.557. The Kier molecular flexibility index (Phi) is 6.76. The topological polar surface area (TPSA) is 59.9 Å². The van der Waals surface area contributed by atoms with Crippen LogP contribution in [0.4, 0.5) is 11.6 Å². The van der Waals surface area contributed by atoms with Crippen LogP contribution in [0.2, 0.25) is 0 Å². The predicted octanol–water partition coefficient (Wildman–Crippen LogP) is 6.04. The molecule has 0 fully saturated rings. The zero-order valence-corrected chi connectivity index (χ0v) is 16.9. The number of pyridine rings is 2. The normalized spacial score (nSPS) is 11.0. The number of aromatic nitrogens is 3. The first kappa shape index (κ1) is 19.3. The zero-order valence-electron chi connectivity index (χ0n) is 16.1. The molecule has 0 aliphatic heterocycles.